The fraction of sp³-hybridized carbons (Fsp3) is 1.00. The molecule has 0 aliphatic heterocycles. The van der Waals surface area contributed by atoms with E-state index in [2.05, 4.69) is 9.68 Å². The zero-order valence-corrected chi connectivity index (χ0v) is 6.43. The van der Waals surface area contributed by atoms with Crippen LogP contribution in [-0.4, -0.2) is 14.2 Å². The molecule has 4 nitrogen and oxygen atoms in total. The van der Waals surface area contributed by atoms with Gasteiger partial charge in [0.15, 0.2) is 0 Å². The smallest absolute Gasteiger partial charge is 0.102 e. The van der Waals surface area contributed by atoms with E-state index in [-0.39, 0.29) is 29.3 Å². The Kier molecular flexibility index (Phi) is 9.89. The predicted octanol–water partition coefficient (Wildman–Crippen LogP) is -5.13. The predicted molar refractivity (Wildman–Crippen MR) is 19.2 cm³/mol. The largest absolute Gasteiger partial charge is 1.00 e. The van der Waals surface area contributed by atoms with Gasteiger partial charge in [-0.05, 0) is 0 Å². The highest BCUT2D eigenvalue weighted by Crippen LogP contribution is 1.31. The van der Waals surface area contributed by atoms with Gasteiger partial charge >= 0.3 is 0 Å². The summed E-state index contributed by atoms with van der Waals surface area (Å²) in [5.41, 5.74) is 0. The molecule has 46 valence electrons. The van der Waals surface area contributed by atoms with E-state index in [4.69, 9.17) is 5.84 Å². The first-order chi connectivity index (χ1) is 2.81. The molecule has 0 amide bonds. The van der Waals surface area contributed by atoms with Crippen molar-refractivity contribution in [3.8, 4) is 0 Å². The zero-order valence-electron chi connectivity index (χ0n) is 4.27. The molecule has 0 fully saturated rings. The summed E-state index contributed by atoms with van der Waals surface area (Å²) in [6.45, 7) is 0. The van der Waals surface area contributed by atoms with E-state index in [1.807, 2.05) is 0 Å². The lowest BCUT2D eigenvalue weighted by Crippen LogP contribution is -3.15. The first kappa shape index (κ1) is 10.5. The van der Waals surface area contributed by atoms with Crippen molar-refractivity contribution in [2.75, 3.05) is 14.2 Å². The normalized spacial score (nSPS) is 8.57. The second-order valence-electron chi connectivity index (χ2n) is 0.727. The van der Waals surface area contributed by atoms with Crippen LogP contribution in [0.2, 0.25) is 0 Å². The van der Waals surface area contributed by atoms with Crippen LogP contribution in [0.3, 0.4) is 0 Å². The Morgan fingerprint density at radius 1 is 1.29 bits per heavy atom. The van der Waals surface area contributed by atoms with E-state index in [1.165, 1.54) is 14.2 Å². The Labute approximate surface area is 59.5 Å². The van der Waals surface area contributed by atoms with Gasteiger partial charge in [0.05, 0.1) is 0 Å². The third-order valence-corrected chi connectivity index (χ3v) is 0.402. The van der Waals surface area contributed by atoms with E-state index >= 15 is 0 Å². The molecule has 0 aliphatic rings. The van der Waals surface area contributed by atoms with Crippen LogP contribution in [0, 0.1) is 0 Å². The first-order valence-electron chi connectivity index (χ1n) is 1.51. The standard InChI is InChI=1S/C2H8N2O2.HI/c1-5-4(3)6-2;/h3H2,1-2H3;1H. The van der Waals surface area contributed by atoms with Crippen LogP contribution < -0.4 is 35.2 Å². The molecule has 0 aromatic heterocycles. The molecule has 0 radical (unpaired) electrons. The van der Waals surface area contributed by atoms with Crippen LogP contribution in [0.15, 0.2) is 0 Å². The van der Waals surface area contributed by atoms with Gasteiger partial charge < -0.3 is 24.0 Å². The maximum Gasteiger partial charge on any atom is 0.102 e. The highest BCUT2D eigenvalue weighted by Gasteiger charge is 1.88. The molecule has 0 saturated heterocycles. The highest BCUT2D eigenvalue weighted by molar-refractivity contribution is 3.41. The van der Waals surface area contributed by atoms with Gasteiger partial charge in [0.2, 0.25) is 0 Å². The molecule has 0 heterocycles. The third kappa shape index (κ3) is 6.57. The Morgan fingerprint density at radius 2 is 1.57 bits per heavy atom. The average Bonchev–Trinajstić information content (AvgIpc) is 1.65. The van der Waals surface area contributed by atoms with Crippen molar-refractivity contribution in [3.63, 3.8) is 0 Å². The Balaban J connectivity index is 0. The lowest BCUT2D eigenvalue weighted by atomic mass is 11.7. The van der Waals surface area contributed by atoms with Gasteiger partial charge in [-0.3, -0.25) is 0 Å². The monoisotopic (exact) mass is 220 g/mol. The lowest BCUT2D eigenvalue weighted by molar-refractivity contribution is -1.25. The molecule has 7 heavy (non-hydrogen) atoms. The van der Waals surface area contributed by atoms with Crippen molar-refractivity contribution in [1.29, 1.82) is 0 Å². The summed E-state index contributed by atoms with van der Waals surface area (Å²) in [6.07, 6.45) is 0. The van der Waals surface area contributed by atoms with Crippen molar-refractivity contribution < 1.29 is 39.0 Å². The minimum atomic E-state index is 0. The number of hydrogen-bond donors (Lipinski definition) is 2. The molecule has 5 heteroatoms. The second-order valence-corrected chi connectivity index (χ2v) is 0.727. The Bertz CT molecular complexity index is 32.9. The molecule has 0 unspecified atom stereocenters. The maximum atomic E-state index is 4.94. The SMILES string of the molecule is CO[NH+](N)OC.[I-]. The van der Waals surface area contributed by atoms with Crippen molar-refractivity contribution in [1.82, 2.24) is 0 Å². The highest BCUT2D eigenvalue weighted by atomic mass is 127. The molecule has 3 N–H and O–H groups in total. The quantitative estimate of drug-likeness (QED) is 0.278. The molecular weight excluding hydrogens is 211 g/mol. The zero-order chi connectivity index (χ0) is 4.99. The van der Waals surface area contributed by atoms with Crippen molar-refractivity contribution >= 4 is 0 Å². The van der Waals surface area contributed by atoms with Gasteiger partial charge in [0.25, 0.3) is 0 Å². The number of rotatable bonds is 2. The summed E-state index contributed by atoms with van der Waals surface area (Å²) in [5.74, 6) is 4.94. The maximum absolute atomic E-state index is 4.94. The summed E-state index contributed by atoms with van der Waals surface area (Å²) in [7, 11) is 2.89. The van der Waals surface area contributed by atoms with Crippen LogP contribution in [-0.2, 0) is 9.68 Å². The molecule has 0 aromatic carbocycles. The van der Waals surface area contributed by atoms with Crippen LogP contribution >= 0.6 is 0 Å². The third-order valence-electron chi connectivity index (χ3n) is 0.402. The van der Waals surface area contributed by atoms with Crippen molar-refractivity contribution in [3.05, 3.63) is 0 Å². The van der Waals surface area contributed by atoms with Gasteiger partial charge in [-0.25, -0.2) is 0 Å². The van der Waals surface area contributed by atoms with Gasteiger partial charge in [-0.2, -0.15) is 9.68 Å². The molecule has 0 spiro atoms. The average molecular weight is 220 g/mol. The van der Waals surface area contributed by atoms with E-state index < -0.39 is 0 Å². The van der Waals surface area contributed by atoms with Crippen LogP contribution in [0.4, 0.5) is 0 Å². The molecule has 0 aromatic rings. The van der Waals surface area contributed by atoms with Gasteiger partial charge in [-0.15, -0.1) is 5.84 Å². The second kappa shape index (κ2) is 6.57. The topological polar surface area (TPSA) is 48.9 Å². The minimum Gasteiger partial charge on any atom is -1.00 e. The van der Waals surface area contributed by atoms with Crippen LogP contribution in [0.1, 0.15) is 0 Å². The summed E-state index contributed by atoms with van der Waals surface area (Å²) in [6, 6.07) is 0. The molecule has 0 atom stereocenters. The number of nitrogens with two attached hydrogens (primary N) is 1. The molecule has 0 aliphatic carbocycles. The number of quaternary nitrogens is 1. The summed E-state index contributed by atoms with van der Waals surface area (Å²) in [4.78, 5) is 8.74. The Morgan fingerprint density at radius 3 is 1.57 bits per heavy atom. The minimum absolute atomic E-state index is 0. The van der Waals surface area contributed by atoms with E-state index in [0.717, 1.165) is 0 Å². The molecular formula is C2H9IN2O2. The van der Waals surface area contributed by atoms with Crippen LogP contribution in [0.25, 0.3) is 0 Å². The van der Waals surface area contributed by atoms with E-state index in [1.54, 1.807) is 0 Å². The number of halogens is 1. The Hall–Kier alpha value is 0.570. The summed E-state index contributed by atoms with van der Waals surface area (Å²) >= 11 is 0. The van der Waals surface area contributed by atoms with Crippen LogP contribution in [0.5, 0.6) is 0 Å². The van der Waals surface area contributed by atoms with Gasteiger partial charge in [0.1, 0.15) is 14.2 Å². The number of hydrogen-bond acceptors (Lipinski definition) is 3. The lowest BCUT2D eigenvalue weighted by Gasteiger charge is -1.99. The van der Waals surface area contributed by atoms with Crippen molar-refractivity contribution in [2.24, 2.45) is 5.84 Å². The molecule has 0 bridgehead atoms. The van der Waals surface area contributed by atoms with Gasteiger partial charge in [0, 0.05) is 5.34 Å². The van der Waals surface area contributed by atoms with E-state index in [9.17, 15) is 0 Å². The fourth-order valence-electron chi connectivity index (χ4n) is 0.0833. The summed E-state index contributed by atoms with van der Waals surface area (Å²) < 4.78 is 0. The van der Waals surface area contributed by atoms with Crippen molar-refractivity contribution in [2.45, 2.75) is 0 Å². The summed E-state index contributed by atoms with van der Waals surface area (Å²) in [5, 5.41) is 0.0926. The first-order valence-corrected chi connectivity index (χ1v) is 1.51. The molecule has 0 saturated carbocycles. The number of nitrogens with one attached hydrogen (secondary N) is 1. The van der Waals surface area contributed by atoms with E-state index in [0.29, 0.717) is 0 Å². The molecule has 0 rings (SSSR count). The van der Waals surface area contributed by atoms with Gasteiger partial charge in [-0.1, -0.05) is 0 Å². The fourth-order valence-corrected chi connectivity index (χ4v) is 0.0833.